The number of benzene rings is 10. The summed E-state index contributed by atoms with van der Waals surface area (Å²) in [5.41, 5.74) is 36.9. The van der Waals surface area contributed by atoms with E-state index in [0.29, 0.717) is 0 Å². The zero-order valence-electron chi connectivity index (χ0n) is 72.5. The van der Waals surface area contributed by atoms with Gasteiger partial charge in [-0.3, -0.25) is 0 Å². The van der Waals surface area contributed by atoms with Gasteiger partial charge in [0.1, 0.15) is 0 Å². The second-order valence-corrected chi connectivity index (χ2v) is 39.4. The van der Waals surface area contributed by atoms with Crippen LogP contribution in [0.2, 0.25) is 0 Å². The van der Waals surface area contributed by atoms with Crippen molar-refractivity contribution in [3.8, 4) is 0 Å². The van der Waals surface area contributed by atoms with Crippen LogP contribution >= 0.6 is 68.6 Å². The predicted molar refractivity (Wildman–Crippen MR) is 497 cm³/mol. The van der Waals surface area contributed by atoms with Crippen molar-refractivity contribution in [2.45, 2.75) is 206 Å². The van der Waals surface area contributed by atoms with Crippen molar-refractivity contribution in [2.75, 3.05) is 49.3 Å². The molecule has 0 bridgehead atoms. The molecule has 0 fully saturated rings. The van der Waals surface area contributed by atoms with Crippen LogP contribution in [0.25, 0.3) is 0 Å². The third-order valence-electron chi connectivity index (χ3n) is 18.4. The van der Waals surface area contributed by atoms with E-state index in [4.69, 9.17) is 0 Å². The Kier molecular flexibility index (Phi) is 70.6. The fourth-order valence-electron chi connectivity index (χ4n) is 14.3. The van der Waals surface area contributed by atoms with Gasteiger partial charge in [0.2, 0.25) is 0 Å². The molecule has 0 spiro atoms. The fraction of sp³-hybridized carbons (Fsp3) is 0.388. The molecule has 16 heteroatoms. The molecule has 648 valence electrons. The summed E-state index contributed by atoms with van der Waals surface area (Å²) in [6.07, 6.45) is 15.3. The van der Waals surface area contributed by atoms with E-state index >= 15 is 0 Å². The Morgan fingerprint density at radius 1 is 0.140 bits per heavy atom. The summed E-state index contributed by atoms with van der Waals surface area (Å²) in [4.78, 5) is 0. The average Bonchev–Trinajstić information content (AvgIpc) is 0.883. The number of hydrogen-bond donors (Lipinski definition) is 0. The van der Waals surface area contributed by atoms with Crippen molar-refractivity contribution >= 4 is 111 Å². The van der Waals surface area contributed by atoms with Gasteiger partial charge in [-0.1, -0.05) is 302 Å². The number of rotatable bonds is 24. The first kappa shape index (κ1) is 122. The van der Waals surface area contributed by atoms with Crippen LogP contribution in [0.3, 0.4) is 0 Å². The van der Waals surface area contributed by atoms with Gasteiger partial charge in [-0.05, 0) is 180 Å². The minimum atomic E-state index is 0. The van der Waals surface area contributed by atoms with Crippen molar-refractivity contribution in [1.82, 2.24) is 0 Å². The topological polar surface area (TPSA) is 0 Å². The summed E-state index contributed by atoms with van der Waals surface area (Å²) in [7, 11) is 11.9. The molecule has 0 heterocycles. The van der Waals surface area contributed by atoms with E-state index in [1.165, 1.54) is 331 Å². The molecule has 0 atom stereocenters. The van der Waals surface area contributed by atoms with E-state index < -0.39 is 0 Å². The zero-order chi connectivity index (χ0) is 78.2. The Morgan fingerprint density at radius 2 is 0.237 bits per heavy atom. The molecule has 0 unspecified atom stereocenters. The molecule has 0 saturated heterocycles. The summed E-state index contributed by atoms with van der Waals surface area (Å²) in [6.45, 7) is 57.7. The van der Waals surface area contributed by atoms with E-state index in [1.807, 2.05) is 36.4 Å². The van der Waals surface area contributed by atoms with Crippen LogP contribution < -0.4 is 42.4 Å². The van der Waals surface area contributed by atoms with Crippen molar-refractivity contribution in [2.24, 2.45) is 0 Å². The fourth-order valence-corrected chi connectivity index (χ4v) is 24.6. The van der Waals surface area contributed by atoms with Crippen LogP contribution in [0, 0.1) is 180 Å². The Morgan fingerprint density at radius 3 is 0.316 bits per heavy atom. The molecule has 0 radical (unpaired) electrons. The van der Waals surface area contributed by atoms with Gasteiger partial charge in [0.05, 0.1) is 0 Å². The SMILES string of the molecule is Cc1cc(C)c([P-]CCC[P-]c2c(C)cc(C)cc2C)c(C)c1.Cc1cc(C)c([P-]CCC[P-]c2c(C)cc(C)cc2C)c(C)c1.Cc1cc(C)c([P-]CCC[P-]c2c(C)cc(C)cc2C)c(C)c1.Cc1cc(C)c([P-]CCC[P-]c2c(C)cc(C)cc2C)c(C)c1.Cc1ccccc1.Cc1ccccc1.[Au+].[Au+].[Au+].[Au+].[Au+].[Au+].[Au+].[Au+]. The van der Waals surface area contributed by atoms with Crippen LogP contribution in [0.1, 0.15) is 170 Å². The Bertz CT molecular complexity index is 3470. The first-order valence-electron chi connectivity index (χ1n) is 38.4. The zero-order valence-corrected chi connectivity index (χ0v) is 97.0. The largest absolute Gasteiger partial charge is 1.00 e. The maximum Gasteiger partial charge on any atom is 1.00 e. The van der Waals surface area contributed by atoms with Gasteiger partial charge in [0, 0.05) is 0 Å². The summed E-state index contributed by atoms with van der Waals surface area (Å²) < 4.78 is 0. The van der Waals surface area contributed by atoms with Crippen molar-refractivity contribution < 1.29 is 179 Å². The molecule has 10 aromatic carbocycles. The predicted octanol–water partition coefficient (Wildman–Crippen LogP) is 27.1. The summed E-state index contributed by atoms with van der Waals surface area (Å²) in [5.74, 6) is 0. The number of aryl methyl sites for hydroxylation is 26. The first-order valence-corrected chi connectivity index (χ1v) is 47.0. The monoisotopic (exact) mass is 3130 g/mol. The van der Waals surface area contributed by atoms with Crippen molar-refractivity contribution in [3.05, 3.63) is 302 Å². The van der Waals surface area contributed by atoms with E-state index in [9.17, 15) is 0 Å². The van der Waals surface area contributed by atoms with Crippen LogP contribution in [-0.4, -0.2) is 49.3 Å². The van der Waals surface area contributed by atoms with E-state index in [-0.39, 0.29) is 179 Å². The van der Waals surface area contributed by atoms with E-state index in [1.54, 1.807) is 0 Å². The maximum atomic E-state index is 2.31. The van der Waals surface area contributed by atoms with Crippen LogP contribution in [-0.2, 0) is 179 Å². The molecular formula is C98H128Au8P8. The second kappa shape index (κ2) is 66.0. The molecule has 10 aromatic rings. The quantitative estimate of drug-likeness (QED) is 0.0321. The molecule has 0 aliphatic heterocycles. The third-order valence-corrected chi connectivity index (χ3v) is 30.9. The van der Waals surface area contributed by atoms with Gasteiger partial charge in [-0.25, -0.2) is 0 Å². The summed E-state index contributed by atoms with van der Waals surface area (Å²) in [5, 5.41) is 12.3. The summed E-state index contributed by atoms with van der Waals surface area (Å²) >= 11 is 0. The molecule has 0 aromatic heterocycles. The molecule has 0 aliphatic carbocycles. The molecule has 0 saturated carbocycles. The Balaban J connectivity index is -0.000000652. The normalized spacial score (nSPS) is 10.8. The first-order chi connectivity index (χ1) is 50.3. The van der Waals surface area contributed by atoms with Crippen LogP contribution in [0.5, 0.6) is 0 Å². The molecule has 10 rings (SSSR count). The van der Waals surface area contributed by atoms with E-state index in [0.717, 1.165) is 0 Å². The number of hydrogen-bond acceptors (Lipinski definition) is 0. The van der Waals surface area contributed by atoms with Gasteiger partial charge < -0.3 is 68.6 Å². The van der Waals surface area contributed by atoms with Crippen molar-refractivity contribution in [3.63, 3.8) is 0 Å². The molecule has 0 N–H and O–H groups in total. The molecule has 0 nitrogen and oxygen atoms in total. The second-order valence-electron chi connectivity index (χ2n) is 29.8. The Hall–Kier alpha value is 1.56. The van der Waals surface area contributed by atoms with Gasteiger partial charge in [-0.2, -0.15) is 91.7 Å². The van der Waals surface area contributed by atoms with Gasteiger partial charge in [0.25, 0.3) is 0 Å². The standard InChI is InChI=1S/4C21H28P2.2C7H8.8Au/c4*1-14-10-16(3)20(17(4)11-14)22-8-7-9-23-21-18(5)12-15(2)13-19(21)6;2*1-7-5-3-2-4-6-7;;;;;;;;/h4*10-13H,7-9H2,1-6H3;2*2-6H,1H3;;;;;;;;/q4*-2;;;8*+1. The van der Waals surface area contributed by atoms with E-state index in [2.05, 4.69) is 301 Å². The molecule has 114 heavy (non-hydrogen) atoms. The molecule has 0 aliphatic rings. The van der Waals surface area contributed by atoms with Gasteiger partial charge in [-0.15, -0.1) is 25.7 Å². The van der Waals surface area contributed by atoms with Gasteiger partial charge >= 0.3 is 179 Å². The summed E-state index contributed by atoms with van der Waals surface area (Å²) in [6, 6.07) is 57.5. The minimum Gasteiger partial charge on any atom is -0.506 e. The third kappa shape index (κ3) is 45.6. The molecular weight excluding hydrogens is 3000 g/mol. The minimum absolute atomic E-state index is 0. The average molecular weight is 3130 g/mol. The Labute approximate surface area is 836 Å². The van der Waals surface area contributed by atoms with Crippen LogP contribution in [0.15, 0.2) is 158 Å². The maximum absolute atomic E-state index is 2.31. The van der Waals surface area contributed by atoms with Crippen LogP contribution in [0.4, 0.5) is 0 Å². The van der Waals surface area contributed by atoms with Gasteiger partial charge in [0.15, 0.2) is 0 Å². The smallest absolute Gasteiger partial charge is 0.506 e. The van der Waals surface area contributed by atoms with Crippen molar-refractivity contribution in [1.29, 1.82) is 0 Å². The molecule has 0 amide bonds.